The van der Waals surface area contributed by atoms with E-state index < -0.39 is 29.4 Å². The summed E-state index contributed by atoms with van der Waals surface area (Å²) in [7, 11) is 0. The van der Waals surface area contributed by atoms with E-state index in [4.69, 9.17) is 5.73 Å². The zero-order valence-corrected chi connectivity index (χ0v) is 15.5. The highest BCUT2D eigenvalue weighted by Gasteiger charge is 2.30. The number of nitrogens with two attached hydrogens (primary N) is 1. The quantitative estimate of drug-likeness (QED) is 0.688. The molecule has 0 atom stereocenters. The molecule has 10 heteroatoms. The van der Waals surface area contributed by atoms with Crippen LogP contribution >= 0.6 is 0 Å². The Labute approximate surface area is 168 Å². The fourth-order valence-electron chi connectivity index (χ4n) is 3.36. The van der Waals surface area contributed by atoms with Gasteiger partial charge in [-0.1, -0.05) is 12.1 Å². The molecule has 1 aliphatic rings. The van der Waals surface area contributed by atoms with Crippen molar-refractivity contribution in [2.24, 2.45) is 5.73 Å². The molecule has 154 valence electrons. The van der Waals surface area contributed by atoms with Crippen LogP contribution < -0.4 is 11.1 Å². The summed E-state index contributed by atoms with van der Waals surface area (Å²) in [5.41, 5.74) is 5.87. The molecule has 4 rings (SSSR count). The predicted octanol–water partition coefficient (Wildman–Crippen LogP) is 3.11. The Balaban J connectivity index is 1.81. The zero-order chi connectivity index (χ0) is 21.4. The summed E-state index contributed by atoms with van der Waals surface area (Å²) >= 11 is 0. The van der Waals surface area contributed by atoms with Crippen LogP contribution in [0.5, 0.6) is 0 Å². The molecule has 3 aromatic rings. The van der Waals surface area contributed by atoms with Crippen molar-refractivity contribution in [3.05, 3.63) is 71.2 Å². The van der Waals surface area contributed by atoms with E-state index >= 15 is 0 Å². The number of amides is 3. The highest BCUT2D eigenvalue weighted by atomic mass is 19.1. The molecule has 0 unspecified atom stereocenters. The molecule has 3 amide bonds. The standard InChI is InChI=1S/C20H16F3N5O2/c21-12-3-1-2-11(8-12)18-17(16-10-27(20(24)30)6-7-28(16)26-18)19(29)25-15-9-13(22)4-5-14(15)23/h1-5,8-9H,6-7,10H2,(H2,24,30)(H,25,29). The van der Waals surface area contributed by atoms with Gasteiger partial charge in [0, 0.05) is 18.2 Å². The van der Waals surface area contributed by atoms with Crippen molar-refractivity contribution >= 4 is 17.6 Å². The Kier molecular flexibility index (Phi) is 4.90. The minimum Gasteiger partial charge on any atom is -0.351 e. The summed E-state index contributed by atoms with van der Waals surface area (Å²) in [5, 5.41) is 6.74. The number of fused-ring (bicyclic) bond motifs is 1. The summed E-state index contributed by atoms with van der Waals surface area (Å²) < 4.78 is 42.9. The van der Waals surface area contributed by atoms with Crippen LogP contribution in [0.2, 0.25) is 0 Å². The smallest absolute Gasteiger partial charge is 0.315 e. The topological polar surface area (TPSA) is 93.2 Å². The molecule has 7 nitrogen and oxygen atoms in total. The number of hydrogen-bond acceptors (Lipinski definition) is 3. The van der Waals surface area contributed by atoms with Crippen LogP contribution in [0.25, 0.3) is 11.3 Å². The van der Waals surface area contributed by atoms with Gasteiger partial charge in [-0.15, -0.1) is 0 Å². The molecule has 0 radical (unpaired) electrons. The van der Waals surface area contributed by atoms with Gasteiger partial charge in [0.25, 0.3) is 5.91 Å². The minimum absolute atomic E-state index is 0.00790. The van der Waals surface area contributed by atoms with Gasteiger partial charge in [0.2, 0.25) is 0 Å². The van der Waals surface area contributed by atoms with E-state index in [1.165, 1.54) is 27.8 Å². The van der Waals surface area contributed by atoms with Crippen molar-refractivity contribution < 1.29 is 22.8 Å². The van der Waals surface area contributed by atoms with E-state index in [1.807, 2.05) is 0 Å². The maximum Gasteiger partial charge on any atom is 0.315 e. The normalized spacial score (nSPS) is 13.1. The summed E-state index contributed by atoms with van der Waals surface area (Å²) in [4.78, 5) is 26.0. The number of carbonyl (C=O) groups is 2. The Morgan fingerprint density at radius 3 is 2.53 bits per heavy atom. The molecule has 1 aliphatic heterocycles. The summed E-state index contributed by atoms with van der Waals surface area (Å²) in [6, 6.07) is 7.49. The average Bonchev–Trinajstić information content (AvgIpc) is 3.09. The number of anilines is 1. The van der Waals surface area contributed by atoms with Crippen molar-refractivity contribution in [3.63, 3.8) is 0 Å². The molecule has 2 heterocycles. The summed E-state index contributed by atoms with van der Waals surface area (Å²) in [5.74, 6) is -2.85. The van der Waals surface area contributed by atoms with Gasteiger partial charge in [-0.3, -0.25) is 9.48 Å². The van der Waals surface area contributed by atoms with Crippen molar-refractivity contribution in [2.75, 3.05) is 11.9 Å². The summed E-state index contributed by atoms with van der Waals surface area (Å²) in [6.07, 6.45) is 0. The fourth-order valence-corrected chi connectivity index (χ4v) is 3.36. The van der Waals surface area contributed by atoms with Gasteiger partial charge in [-0.2, -0.15) is 5.10 Å². The number of urea groups is 1. The lowest BCUT2D eigenvalue weighted by molar-refractivity contribution is 0.102. The molecule has 0 bridgehead atoms. The Morgan fingerprint density at radius 2 is 1.80 bits per heavy atom. The number of benzene rings is 2. The molecule has 0 fully saturated rings. The first-order valence-electron chi connectivity index (χ1n) is 9.00. The first kappa shape index (κ1) is 19.5. The molecule has 0 aliphatic carbocycles. The van der Waals surface area contributed by atoms with Gasteiger partial charge in [-0.25, -0.2) is 18.0 Å². The third kappa shape index (κ3) is 3.59. The van der Waals surface area contributed by atoms with Crippen LogP contribution in [-0.4, -0.2) is 33.2 Å². The maximum atomic E-state index is 14.0. The second-order valence-corrected chi connectivity index (χ2v) is 6.74. The minimum atomic E-state index is -0.822. The maximum absolute atomic E-state index is 14.0. The molecular formula is C20H16F3N5O2. The third-order valence-corrected chi connectivity index (χ3v) is 4.79. The second-order valence-electron chi connectivity index (χ2n) is 6.74. The Hall–Kier alpha value is -3.82. The molecular weight excluding hydrogens is 399 g/mol. The van der Waals surface area contributed by atoms with Gasteiger partial charge in [-0.05, 0) is 24.3 Å². The monoisotopic (exact) mass is 415 g/mol. The van der Waals surface area contributed by atoms with Gasteiger partial charge in [0.05, 0.1) is 30.0 Å². The highest BCUT2D eigenvalue weighted by Crippen LogP contribution is 2.30. The Morgan fingerprint density at radius 1 is 1.03 bits per heavy atom. The number of aromatic nitrogens is 2. The molecule has 3 N–H and O–H groups in total. The van der Waals surface area contributed by atoms with E-state index in [9.17, 15) is 22.8 Å². The van der Waals surface area contributed by atoms with Crippen LogP contribution in [0.3, 0.4) is 0 Å². The lowest BCUT2D eigenvalue weighted by Crippen LogP contribution is -2.42. The first-order valence-corrected chi connectivity index (χ1v) is 9.00. The zero-order valence-electron chi connectivity index (χ0n) is 15.5. The second kappa shape index (κ2) is 7.54. The number of nitrogens with zero attached hydrogens (tertiary/aromatic N) is 3. The summed E-state index contributed by atoms with van der Waals surface area (Å²) in [6.45, 7) is 0.542. The van der Waals surface area contributed by atoms with Crippen molar-refractivity contribution in [1.29, 1.82) is 0 Å². The first-order chi connectivity index (χ1) is 14.3. The highest BCUT2D eigenvalue weighted by molar-refractivity contribution is 6.09. The fraction of sp³-hybridized carbons (Fsp3) is 0.150. The molecule has 30 heavy (non-hydrogen) atoms. The molecule has 0 saturated carbocycles. The van der Waals surface area contributed by atoms with Crippen molar-refractivity contribution in [2.45, 2.75) is 13.1 Å². The van der Waals surface area contributed by atoms with Crippen LogP contribution in [0.15, 0.2) is 42.5 Å². The number of carbonyl (C=O) groups excluding carboxylic acids is 2. The predicted molar refractivity (Wildman–Crippen MR) is 102 cm³/mol. The largest absolute Gasteiger partial charge is 0.351 e. The Bertz CT molecular complexity index is 1160. The molecule has 1 aromatic heterocycles. The van der Waals surface area contributed by atoms with E-state index in [2.05, 4.69) is 10.4 Å². The van der Waals surface area contributed by atoms with Crippen molar-refractivity contribution in [1.82, 2.24) is 14.7 Å². The number of rotatable bonds is 3. The van der Waals surface area contributed by atoms with Gasteiger partial charge >= 0.3 is 6.03 Å². The average molecular weight is 415 g/mol. The van der Waals surface area contributed by atoms with Crippen LogP contribution in [0.1, 0.15) is 16.1 Å². The molecule has 2 aromatic carbocycles. The SMILES string of the molecule is NC(=O)N1CCn2nc(-c3cccc(F)c3)c(C(=O)Nc3cc(F)ccc3F)c2C1. The van der Waals surface area contributed by atoms with E-state index in [0.29, 0.717) is 11.3 Å². The lowest BCUT2D eigenvalue weighted by atomic mass is 10.0. The lowest BCUT2D eigenvalue weighted by Gasteiger charge is -2.26. The molecule has 0 saturated heterocycles. The number of primary amides is 1. The number of hydrogen-bond donors (Lipinski definition) is 2. The van der Waals surface area contributed by atoms with Crippen LogP contribution in [-0.2, 0) is 13.1 Å². The molecule has 0 spiro atoms. The van der Waals surface area contributed by atoms with Crippen molar-refractivity contribution in [3.8, 4) is 11.3 Å². The number of nitrogens with one attached hydrogen (secondary N) is 1. The van der Waals surface area contributed by atoms with Crippen LogP contribution in [0.4, 0.5) is 23.7 Å². The van der Waals surface area contributed by atoms with E-state index in [0.717, 1.165) is 18.2 Å². The van der Waals surface area contributed by atoms with Gasteiger partial charge in [0.15, 0.2) is 0 Å². The third-order valence-electron chi connectivity index (χ3n) is 4.79. The van der Waals surface area contributed by atoms with Gasteiger partial charge < -0.3 is 16.0 Å². The van der Waals surface area contributed by atoms with Gasteiger partial charge in [0.1, 0.15) is 23.1 Å². The number of halogens is 3. The van der Waals surface area contributed by atoms with E-state index in [1.54, 1.807) is 6.07 Å². The van der Waals surface area contributed by atoms with Crippen LogP contribution in [0, 0.1) is 17.5 Å². The van der Waals surface area contributed by atoms with E-state index in [-0.39, 0.29) is 36.6 Å².